The van der Waals surface area contributed by atoms with Crippen LogP contribution in [0.3, 0.4) is 0 Å². The maximum absolute atomic E-state index is 13.1. The molecule has 0 aliphatic heterocycles. The molecule has 0 radical (unpaired) electrons. The van der Waals surface area contributed by atoms with E-state index in [4.69, 9.17) is 9.72 Å². The Balaban J connectivity index is 1.87. The molecule has 0 fully saturated rings. The highest BCUT2D eigenvalue weighted by molar-refractivity contribution is 7.70. The summed E-state index contributed by atoms with van der Waals surface area (Å²) < 4.78 is 22.3. The number of hydrogen-bond donors (Lipinski definition) is 0. The van der Waals surface area contributed by atoms with Gasteiger partial charge in [0.15, 0.2) is 0 Å². The smallest absolute Gasteiger partial charge is 0.251 e. The summed E-state index contributed by atoms with van der Waals surface area (Å²) in [6.45, 7) is 8.87. The molecule has 0 spiro atoms. The first-order valence-electron chi connectivity index (χ1n) is 14.1. The molecular formula is C33H38N5O3P. The molecule has 0 N–H and O–H groups in total. The Morgan fingerprint density at radius 2 is 1.69 bits per heavy atom. The summed E-state index contributed by atoms with van der Waals surface area (Å²) >= 11 is 0. The first-order valence-corrected chi connectivity index (χ1v) is 16.7. The lowest BCUT2D eigenvalue weighted by Crippen LogP contribution is -2.47. The fraction of sp³-hybridized carbons (Fsp3) is 0.303. The molecule has 0 bridgehead atoms. The Hall–Kier alpha value is -4.00. The molecule has 3 heterocycles. The number of imidazole rings is 1. The van der Waals surface area contributed by atoms with Crippen molar-refractivity contribution in [2.24, 2.45) is 14.1 Å². The van der Waals surface area contributed by atoms with Gasteiger partial charge in [-0.2, -0.15) is 0 Å². The third-order valence-electron chi connectivity index (χ3n) is 8.10. The minimum atomic E-state index is -2.44. The van der Waals surface area contributed by atoms with Gasteiger partial charge in [0.2, 0.25) is 5.88 Å². The normalized spacial score (nSPS) is 13.4. The summed E-state index contributed by atoms with van der Waals surface area (Å²) in [4.78, 5) is 24.6. The highest BCUT2D eigenvalue weighted by Crippen LogP contribution is 2.44. The molecule has 0 saturated heterocycles. The number of aryl methyl sites for hydroxylation is 2. The molecule has 1 unspecified atom stereocenters. The van der Waals surface area contributed by atoms with E-state index in [9.17, 15) is 9.36 Å². The molecule has 5 rings (SSSR count). The van der Waals surface area contributed by atoms with Crippen LogP contribution in [0.5, 0.6) is 5.88 Å². The van der Waals surface area contributed by atoms with Gasteiger partial charge in [-0.25, -0.2) is 9.97 Å². The zero-order valence-corrected chi connectivity index (χ0v) is 26.2. The predicted molar refractivity (Wildman–Crippen MR) is 171 cm³/mol. The van der Waals surface area contributed by atoms with Crippen LogP contribution in [0.15, 0.2) is 84.0 Å². The van der Waals surface area contributed by atoms with Crippen LogP contribution in [0.25, 0.3) is 22.2 Å². The summed E-state index contributed by atoms with van der Waals surface area (Å²) in [5, 5.41) is 1.73. The molecule has 218 valence electrons. The van der Waals surface area contributed by atoms with Gasteiger partial charge in [0, 0.05) is 42.5 Å². The number of fused-ring (bicyclic) bond motifs is 1. The highest BCUT2D eigenvalue weighted by atomic mass is 31.2. The van der Waals surface area contributed by atoms with Gasteiger partial charge in [-0.15, -0.1) is 0 Å². The van der Waals surface area contributed by atoms with E-state index in [0.29, 0.717) is 18.2 Å². The molecule has 1 atom stereocenters. The van der Waals surface area contributed by atoms with E-state index in [1.54, 1.807) is 31.0 Å². The van der Waals surface area contributed by atoms with E-state index in [2.05, 4.69) is 48.1 Å². The Bertz CT molecular complexity index is 1850. The highest BCUT2D eigenvalue weighted by Gasteiger charge is 2.42. The number of nitrogens with zero attached hydrogens (tertiary/aromatic N) is 5. The Morgan fingerprint density at radius 1 is 0.976 bits per heavy atom. The van der Waals surface area contributed by atoms with Crippen LogP contribution in [0.4, 0.5) is 0 Å². The molecule has 5 aromatic rings. The van der Waals surface area contributed by atoms with Crippen LogP contribution in [-0.2, 0) is 24.2 Å². The van der Waals surface area contributed by atoms with Crippen molar-refractivity contribution >= 4 is 23.3 Å². The molecule has 0 aliphatic carbocycles. The quantitative estimate of drug-likeness (QED) is 0.221. The van der Waals surface area contributed by atoms with Gasteiger partial charge in [-0.3, -0.25) is 9.69 Å². The topological polar surface area (TPSA) is 82.2 Å². The van der Waals surface area contributed by atoms with E-state index < -0.39 is 12.7 Å². The van der Waals surface area contributed by atoms with Crippen molar-refractivity contribution in [1.29, 1.82) is 0 Å². The third-order valence-corrected chi connectivity index (χ3v) is 9.64. The molecule has 0 amide bonds. The molecule has 0 saturated carbocycles. The molecule has 8 nitrogen and oxygen atoms in total. The van der Waals surface area contributed by atoms with Crippen LogP contribution in [-0.4, -0.2) is 57.5 Å². The summed E-state index contributed by atoms with van der Waals surface area (Å²) in [6.07, 6.45) is 3.72. The Labute approximate surface area is 247 Å². The second kappa shape index (κ2) is 11.3. The standard InChI is InChI=1S/C33H38N5O3P/c1-8-37(4)33(30-21-34-22-36(30)3,23-13-16-25(17-14-23)42(6,7)40)24-15-18-29-27(19-24)26(20-32(39)38(29)5)28-11-10-12-31(35-28)41-9-2/h10-22H,8-9H2,1-7H3. The van der Waals surface area contributed by atoms with E-state index in [1.807, 2.05) is 67.5 Å². The lowest BCUT2D eigenvalue weighted by atomic mass is 9.78. The number of hydrogen-bond acceptors (Lipinski definition) is 6. The Morgan fingerprint density at radius 3 is 2.31 bits per heavy atom. The van der Waals surface area contributed by atoms with E-state index in [1.165, 1.54) is 0 Å². The van der Waals surface area contributed by atoms with E-state index >= 15 is 0 Å². The zero-order chi connectivity index (χ0) is 30.2. The third kappa shape index (κ3) is 4.99. The summed E-state index contributed by atoms with van der Waals surface area (Å²) in [6, 6.07) is 21.6. The van der Waals surface area contributed by atoms with Crippen molar-refractivity contribution in [3.8, 4) is 17.1 Å². The Kier molecular flexibility index (Phi) is 7.97. The molecular weight excluding hydrogens is 545 g/mol. The van der Waals surface area contributed by atoms with Gasteiger partial charge >= 0.3 is 0 Å². The van der Waals surface area contributed by atoms with E-state index in [-0.39, 0.29) is 5.56 Å². The molecule has 2 aromatic carbocycles. The number of pyridine rings is 2. The second-order valence-electron chi connectivity index (χ2n) is 11.0. The summed E-state index contributed by atoms with van der Waals surface area (Å²) in [5.74, 6) is 0.513. The van der Waals surface area contributed by atoms with Crippen LogP contribution >= 0.6 is 7.14 Å². The van der Waals surface area contributed by atoms with Crippen molar-refractivity contribution in [1.82, 2.24) is 24.0 Å². The summed E-state index contributed by atoms with van der Waals surface area (Å²) in [5.41, 5.74) is 4.36. The number of aromatic nitrogens is 4. The van der Waals surface area contributed by atoms with Gasteiger partial charge in [0.25, 0.3) is 5.56 Å². The lowest BCUT2D eigenvalue weighted by molar-refractivity contribution is 0.201. The summed E-state index contributed by atoms with van der Waals surface area (Å²) in [7, 11) is 3.46. The van der Waals surface area contributed by atoms with Crippen molar-refractivity contribution < 1.29 is 9.30 Å². The predicted octanol–water partition coefficient (Wildman–Crippen LogP) is 5.22. The van der Waals surface area contributed by atoms with Crippen molar-refractivity contribution in [2.45, 2.75) is 19.4 Å². The van der Waals surface area contributed by atoms with Gasteiger partial charge < -0.3 is 18.4 Å². The number of benzene rings is 2. The van der Waals surface area contributed by atoms with Crippen LogP contribution < -0.4 is 15.6 Å². The fourth-order valence-electron chi connectivity index (χ4n) is 5.79. The molecule has 0 aliphatic rings. The monoisotopic (exact) mass is 583 g/mol. The molecule has 42 heavy (non-hydrogen) atoms. The van der Waals surface area contributed by atoms with Crippen molar-refractivity contribution in [3.05, 3.63) is 106 Å². The van der Waals surface area contributed by atoms with E-state index in [0.717, 1.165) is 45.1 Å². The minimum absolute atomic E-state index is 0.114. The minimum Gasteiger partial charge on any atom is -0.478 e. The number of ether oxygens (including phenoxy) is 1. The van der Waals surface area contributed by atoms with Gasteiger partial charge in [-0.1, -0.05) is 43.3 Å². The first kappa shape index (κ1) is 29.5. The van der Waals surface area contributed by atoms with Crippen molar-refractivity contribution in [2.75, 3.05) is 33.5 Å². The second-order valence-corrected chi connectivity index (χ2v) is 14.2. The average Bonchev–Trinajstić information content (AvgIpc) is 3.41. The van der Waals surface area contributed by atoms with Gasteiger partial charge in [0.05, 0.1) is 36.0 Å². The maximum atomic E-state index is 13.1. The SMILES string of the molecule is CCOc1cccc(-c2cc(=O)n(C)c3ccc(C(c4ccc(P(C)(C)=O)cc4)(c4cncn4C)N(C)CC)cc23)n1. The van der Waals surface area contributed by atoms with Gasteiger partial charge in [-0.05, 0) is 63.2 Å². The van der Waals surface area contributed by atoms with Crippen LogP contribution in [0, 0.1) is 0 Å². The van der Waals surface area contributed by atoms with Crippen molar-refractivity contribution in [3.63, 3.8) is 0 Å². The molecule has 9 heteroatoms. The van der Waals surface area contributed by atoms with Crippen LogP contribution in [0.2, 0.25) is 0 Å². The first-order chi connectivity index (χ1) is 20.0. The van der Waals surface area contributed by atoms with Crippen LogP contribution in [0.1, 0.15) is 30.7 Å². The maximum Gasteiger partial charge on any atom is 0.251 e. The zero-order valence-electron chi connectivity index (χ0n) is 25.3. The molecule has 3 aromatic heterocycles. The van der Waals surface area contributed by atoms with Gasteiger partial charge in [0.1, 0.15) is 12.7 Å². The largest absolute Gasteiger partial charge is 0.478 e. The lowest BCUT2D eigenvalue weighted by Gasteiger charge is -2.43. The average molecular weight is 584 g/mol. The number of rotatable bonds is 9. The fourth-order valence-corrected chi connectivity index (χ4v) is 6.66.